The molecule has 1 heterocycles. The van der Waals surface area contributed by atoms with E-state index < -0.39 is 5.60 Å². The summed E-state index contributed by atoms with van der Waals surface area (Å²) >= 11 is 2.03. The number of carbonyl (C=O) groups is 1. The molecule has 1 atom stereocenters. The van der Waals surface area contributed by atoms with Crippen LogP contribution in [0.4, 0.5) is 4.79 Å². The van der Waals surface area contributed by atoms with Crippen molar-refractivity contribution in [3.63, 3.8) is 0 Å². The first-order valence-electron chi connectivity index (χ1n) is 7.49. The molecule has 5 heteroatoms. The molecule has 1 aliphatic heterocycles. The van der Waals surface area contributed by atoms with Gasteiger partial charge in [-0.05, 0) is 51.3 Å². The largest absolute Gasteiger partial charge is 0.444 e. The minimum Gasteiger partial charge on any atom is -0.444 e. The first-order valence-corrected chi connectivity index (χ1v) is 8.64. The summed E-state index contributed by atoms with van der Waals surface area (Å²) in [5.41, 5.74) is -0.0461. The number of hydrogen-bond donors (Lipinski definition) is 2. The van der Waals surface area contributed by atoms with Gasteiger partial charge in [0.25, 0.3) is 0 Å². The van der Waals surface area contributed by atoms with E-state index >= 15 is 0 Å². The van der Waals surface area contributed by atoms with Gasteiger partial charge >= 0.3 is 6.09 Å². The monoisotopic (exact) mass is 302 g/mol. The van der Waals surface area contributed by atoms with Gasteiger partial charge in [-0.15, -0.1) is 0 Å². The maximum Gasteiger partial charge on any atom is 0.407 e. The van der Waals surface area contributed by atoms with Gasteiger partial charge in [-0.1, -0.05) is 13.8 Å². The van der Waals surface area contributed by atoms with Crippen LogP contribution in [0.3, 0.4) is 0 Å². The van der Waals surface area contributed by atoms with E-state index in [0.717, 1.165) is 13.0 Å². The second-order valence-corrected chi connectivity index (χ2v) is 8.25. The molecule has 1 rings (SSSR count). The standard InChI is InChI=1S/C15H30N2O2S/c1-14(2,3)19-13(18)17-9-6-8-16-12-11-20-10-7-15(12,4)5/h12,16H,6-11H2,1-5H3,(H,17,18). The summed E-state index contributed by atoms with van der Waals surface area (Å²) < 4.78 is 5.19. The van der Waals surface area contributed by atoms with E-state index in [9.17, 15) is 4.79 Å². The third-order valence-corrected chi connectivity index (χ3v) is 4.59. The summed E-state index contributed by atoms with van der Waals surface area (Å²) in [4.78, 5) is 11.5. The zero-order valence-corrected chi connectivity index (χ0v) is 14.4. The van der Waals surface area contributed by atoms with Crippen molar-refractivity contribution >= 4 is 17.9 Å². The van der Waals surface area contributed by atoms with Crippen molar-refractivity contribution in [3.05, 3.63) is 0 Å². The van der Waals surface area contributed by atoms with Crippen LogP contribution in [0, 0.1) is 5.41 Å². The molecule has 1 amide bonds. The molecule has 0 saturated carbocycles. The van der Waals surface area contributed by atoms with E-state index in [4.69, 9.17) is 4.74 Å². The Hall–Kier alpha value is -0.420. The van der Waals surface area contributed by atoms with Crippen molar-refractivity contribution in [2.24, 2.45) is 5.41 Å². The highest BCUT2D eigenvalue weighted by molar-refractivity contribution is 7.99. The zero-order chi connectivity index (χ0) is 15.2. The molecule has 0 bridgehead atoms. The third kappa shape index (κ3) is 6.84. The first-order chi connectivity index (χ1) is 9.21. The highest BCUT2D eigenvalue weighted by atomic mass is 32.2. The maximum absolute atomic E-state index is 11.5. The molecule has 118 valence electrons. The smallest absolute Gasteiger partial charge is 0.407 e. The molecule has 4 nitrogen and oxygen atoms in total. The van der Waals surface area contributed by atoms with Crippen LogP contribution in [0.25, 0.3) is 0 Å². The van der Waals surface area contributed by atoms with Gasteiger partial charge in [0.1, 0.15) is 5.60 Å². The second kappa shape index (κ2) is 7.55. The van der Waals surface area contributed by atoms with E-state index in [1.807, 2.05) is 32.5 Å². The molecule has 0 aromatic carbocycles. The van der Waals surface area contributed by atoms with Crippen LogP contribution in [0.2, 0.25) is 0 Å². The molecule has 2 N–H and O–H groups in total. The lowest BCUT2D eigenvalue weighted by atomic mass is 9.82. The summed E-state index contributed by atoms with van der Waals surface area (Å²) in [6.45, 7) is 11.9. The van der Waals surface area contributed by atoms with Gasteiger partial charge in [0.05, 0.1) is 0 Å². The van der Waals surface area contributed by atoms with Gasteiger partial charge in [0.2, 0.25) is 0 Å². The molecule has 0 radical (unpaired) electrons. The van der Waals surface area contributed by atoms with E-state index in [0.29, 0.717) is 18.0 Å². The number of hydrogen-bond acceptors (Lipinski definition) is 4. The second-order valence-electron chi connectivity index (χ2n) is 7.10. The molecule has 20 heavy (non-hydrogen) atoms. The first kappa shape index (κ1) is 17.6. The molecule has 1 unspecified atom stereocenters. The lowest BCUT2D eigenvalue weighted by molar-refractivity contribution is 0.0527. The Morgan fingerprint density at radius 1 is 1.35 bits per heavy atom. The Bertz CT molecular complexity index is 313. The summed E-state index contributed by atoms with van der Waals surface area (Å²) in [5.74, 6) is 2.46. The van der Waals surface area contributed by atoms with E-state index in [1.54, 1.807) is 0 Å². The quantitative estimate of drug-likeness (QED) is 0.767. The van der Waals surface area contributed by atoms with Crippen molar-refractivity contribution in [1.82, 2.24) is 10.6 Å². The lowest BCUT2D eigenvalue weighted by Gasteiger charge is -2.39. The average molecular weight is 302 g/mol. The summed E-state index contributed by atoms with van der Waals surface area (Å²) in [6.07, 6.45) is 1.87. The summed E-state index contributed by atoms with van der Waals surface area (Å²) in [6, 6.07) is 0.572. The van der Waals surface area contributed by atoms with Crippen LogP contribution in [0.15, 0.2) is 0 Å². The molecule has 1 saturated heterocycles. The van der Waals surface area contributed by atoms with Crippen molar-refractivity contribution in [2.75, 3.05) is 24.6 Å². The summed E-state index contributed by atoms with van der Waals surface area (Å²) in [5, 5.41) is 6.41. The van der Waals surface area contributed by atoms with Crippen LogP contribution in [0.1, 0.15) is 47.5 Å². The normalized spacial score (nSPS) is 22.4. The molecular weight excluding hydrogens is 272 g/mol. The van der Waals surface area contributed by atoms with Gasteiger partial charge in [-0.3, -0.25) is 0 Å². The van der Waals surface area contributed by atoms with Crippen LogP contribution in [-0.2, 0) is 4.74 Å². The van der Waals surface area contributed by atoms with Gasteiger partial charge < -0.3 is 15.4 Å². The minimum absolute atomic E-state index is 0.328. The molecule has 0 aromatic heterocycles. The fourth-order valence-corrected chi connectivity index (χ4v) is 3.78. The number of amides is 1. The van der Waals surface area contributed by atoms with E-state index in [2.05, 4.69) is 24.5 Å². The number of carbonyl (C=O) groups excluding carboxylic acids is 1. The zero-order valence-electron chi connectivity index (χ0n) is 13.5. The minimum atomic E-state index is -0.425. The Morgan fingerprint density at radius 2 is 2.05 bits per heavy atom. The van der Waals surface area contributed by atoms with Crippen molar-refractivity contribution in [2.45, 2.75) is 59.1 Å². The molecule has 0 aromatic rings. The van der Waals surface area contributed by atoms with E-state index in [1.165, 1.54) is 17.9 Å². The Kier molecular flexibility index (Phi) is 6.65. The highest BCUT2D eigenvalue weighted by Crippen LogP contribution is 2.33. The van der Waals surface area contributed by atoms with Gasteiger partial charge in [0.15, 0.2) is 0 Å². The third-order valence-electron chi connectivity index (χ3n) is 3.53. The van der Waals surface area contributed by atoms with Crippen molar-refractivity contribution in [1.29, 1.82) is 0 Å². The van der Waals surface area contributed by atoms with Crippen LogP contribution >= 0.6 is 11.8 Å². The van der Waals surface area contributed by atoms with Crippen LogP contribution in [-0.4, -0.2) is 42.3 Å². The van der Waals surface area contributed by atoms with Gasteiger partial charge in [-0.2, -0.15) is 11.8 Å². The van der Waals surface area contributed by atoms with Gasteiger partial charge in [0, 0.05) is 18.3 Å². The highest BCUT2D eigenvalue weighted by Gasteiger charge is 2.31. The average Bonchev–Trinajstić information content (AvgIpc) is 2.28. The number of alkyl carbamates (subject to hydrolysis) is 1. The molecule has 0 aliphatic carbocycles. The van der Waals surface area contributed by atoms with Gasteiger partial charge in [-0.25, -0.2) is 4.79 Å². The summed E-state index contributed by atoms with van der Waals surface area (Å²) in [7, 11) is 0. The number of nitrogens with one attached hydrogen (secondary N) is 2. The predicted molar refractivity (Wildman–Crippen MR) is 86.4 cm³/mol. The maximum atomic E-state index is 11.5. The Balaban J connectivity index is 2.11. The fourth-order valence-electron chi connectivity index (χ4n) is 2.14. The topological polar surface area (TPSA) is 50.4 Å². The Morgan fingerprint density at radius 3 is 2.65 bits per heavy atom. The SMILES string of the molecule is CC(C)(C)OC(=O)NCCCNC1CSCCC1(C)C. The molecule has 1 aliphatic rings. The van der Waals surface area contributed by atoms with Crippen molar-refractivity contribution in [3.8, 4) is 0 Å². The predicted octanol–water partition coefficient (Wildman–Crippen LogP) is 3.02. The Labute approximate surface area is 127 Å². The molecular formula is C15H30N2O2S. The van der Waals surface area contributed by atoms with E-state index in [-0.39, 0.29) is 6.09 Å². The lowest BCUT2D eigenvalue weighted by Crippen LogP contribution is -2.47. The molecule has 1 fully saturated rings. The fraction of sp³-hybridized carbons (Fsp3) is 0.933. The number of thioether (sulfide) groups is 1. The number of ether oxygens (including phenoxy) is 1. The molecule has 0 spiro atoms. The van der Waals surface area contributed by atoms with Crippen molar-refractivity contribution < 1.29 is 9.53 Å². The van der Waals surface area contributed by atoms with Crippen LogP contribution in [0.5, 0.6) is 0 Å². The van der Waals surface area contributed by atoms with Crippen LogP contribution < -0.4 is 10.6 Å². The number of rotatable bonds is 5.